The second-order valence-electron chi connectivity index (χ2n) is 6.18. The summed E-state index contributed by atoms with van der Waals surface area (Å²) in [5.74, 6) is -0.262. The molecule has 0 aliphatic heterocycles. The first-order chi connectivity index (χ1) is 7.41. The Morgan fingerprint density at radius 2 is 1.76 bits per heavy atom. The molecule has 2 fully saturated rings. The minimum absolute atomic E-state index is 0. The molecule has 0 heterocycles. The minimum atomic E-state index is -0.856. The third-order valence-electron chi connectivity index (χ3n) is 4.21. The molecule has 2 saturated carbocycles. The summed E-state index contributed by atoms with van der Waals surface area (Å²) in [5.41, 5.74) is 5.48. The number of ether oxygens (including phenoxy) is 1. The summed E-state index contributed by atoms with van der Waals surface area (Å²) in [6.45, 7) is 3.40. The van der Waals surface area contributed by atoms with E-state index in [0.717, 1.165) is 12.8 Å². The second-order valence-corrected chi connectivity index (χ2v) is 6.18. The van der Waals surface area contributed by atoms with Gasteiger partial charge < -0.3 is 10.5 Å². The fourth-order valence-electron chi connectivity index (χ4n) is 2.80. The Hall–Kier alpha value is -0.280. The predicted octanol–water partition coefficient (Wildman–Crippen LogP) is 2.80. The van der Waals surface area contributed by atoms with E-state index in [0.29, 0.717) is 5.41 Å². The van der Waals surface area contributed by atoms with Crippen LogP contribution in [0.5, 0.6) is 0 Å². The normalized spacial score (nSPS) is 23.7. The summed E-state index contributed by atoms with van der Waals surface area (Å²) < 4.78 is 5.45. The van der Waals surface area contributed by atoms with Gasteiger partial charge in [0.15, 0.2) is 0 Å². The van der Waals surface area contributed by atoms with Gasteiger partial charge in [-0.2, -0.15) is 0 Å². The van der Waals surface area contributed by atoms with Gasteiger partial charge in [-0.05, 0) is 57.8 Å². The molecule has 1 spiro atoms. The van der Waals surface area contributed by atoms with Crippen LogP contribution in [-0.2, 0) is 9.53 Å². The maximum Gasteiger partial charge on any atom is 0.325 e. The quantitative estimate of drug-likeness (QED) is 0.778. The van der Waals surface area contributed by atoms with E-state index >= 15 is 0 Å². The molecule has 0 aromatic rings. The first kappa shape index (κ1) is 14.8. The van der Waals surface area contributed by atoms with Gasteiger partial charge in [-0.15, -0.1) is 12.4 Å². The van der Waals surface area contributed by atoms with E-state index in [2.05, 4.69) is 0 Å². The van der Waals surface area contributed by atoms with Crippen LogP contribution in [0.1, 0.15) is 58.8 Å². The highest BCUT2D eigenvalue weighted by Crippen LogP contribution is 2.51. The minimum Gasteiger partial charge on any atom is -0.461 e. The van der Waals surface area contributed by atoms with E-state index in [-0.39, 0.29) is 24.5 Å². The zero-order chi connectivity index (χ0) is 11.8. The summed E-state index contributed by atoms with van der Waals surface area (Å²) in [4.78, 5) is 11.6. The fourth-order valence-corrected chi connectivity index (χ4v) is 2.80. The molecular weight excluding hydrogens is 238 g/mol. The molecule has 2 N–H and O–H groups in total. The van der Waals surface area contributed by atoms with Gasteiger partial charge in [-0.1, -0.05) is 6.42 Å². The van der Waals surface area contributed by atoms with Gasteiger partial charge in [0, 0.05) is 0 Å². The fraction of sp³-hybridized carbons (Fsp3) is 0.923. The third kappa shape index (κ3) is 3.35. The van der Waals surface area contributed by atoms with E-state index < -0.39 is 5.54 Å². The number of carbonyl (C=O) groups is 1. The molecule has 0 bridgehead atoms. The van der Waals surface area contributed by atoms with E-state index in [1.165, 1.54) is 32.1 Å². The lowest BCUT2D eigenvalue weighted by Gasteiger charge is -2.46. The Morgan fingerprint density at radius 1 is 1.24 bits per heavy atom. The van der Waals surface area contributed by atoms with Crippen LogP contribution < -0.4 is 5.73 Å². The number of rotatable bonds is 2. The monoisotopic (exact) mass is 261 g/mol. The van der Waals surface area contributed by atoms with Crippen LogP contribution in [0.2, 0.25) is 0 Å². The summed E-state index contributed by atoms with van der Waals surface area (Å²) in [6.07, 6.45) is 8.80. The van der Waals surface area contributed by atoms with Crippen molar-refractivity contribution in [1.29, 1.82) is 0 Å². The van der Waals surface area contributed by atoms with Gasteiger partial charge in [0.1, 0.15) is 11.6 Å². The summed E-state index contributed by atoms with van der Waals surface area (Å²) in [6, 6.07) is 0. The Morgan fingerprint density at radius 3 is 2.12 bits per heavy atom. The molecular formula is C13H24ClNO2. The zero-order valence-electron chi connectivity index (χ0n) is 10.8. The first-order valence-electron chi connectivity index (χ1n) is 6.41. The topological polar surface area (TPSA) is 52.3 Å². The van der Waals surface area contributed by atoms with Gasteiger partial charge in [-0.25, -0.2) is 0 Å². The number of halogens is 1. The van der Waals surface area contributed by atoms with Crippen LogP contribution in [-0.4, -0.2) is 17.6 Å². The van der Waals surface area contributed by atoms with Gasteiger partial charge in [-0.3, -0.25) is 4.79 Å². The molecule has 0 amide bonds. The van der Waals surface area contributed by atoms with Crippen LogP contribution in [0.25, 0.3) is 0 Å². The molecule has 0 aromatic heterocycles. The van der Waals surface area contributed by atoms with E-state index in [1.807, 2.05) is 0 Å². The van der Waals surface area contributed by atoms with Gasteiger partial charge >= 0.3 is 5.97 Å². The Labute approximate surface area is 110 Å². The zero-order valence-corrected chi connectivity index (χ0v) is 11.6. The van der Waals surface area contributed by atoms with Crippen molar-refractivity contribution >= 4 is 18.4 Å². The largest absolute Gasteiger partial charge is 0.461 e. The lowest BCUT2D eigenvalue weighted by molar-refractivity contribution is -0.158. The highest BCUT2D eigenvalue weighted by Gasteiger charge is 2.41. The maximum absolute atomic E-state index is 11.6. The number of nitrogens with two attached hydrogens (primary N) is 1. The van der Waals surface area contributed by atoms with Crippen LogP contribution in [0, 0.1) is 5.41 Å². The molecule has 0 aromatic carbocycles. The predicted molar refractivity (Wildman–Crippen MR) is 70.1 cm³/mol. The third-order valence-corrected chi connectivity index (χ3v) is 4.21. The SMILES string of the molecule is CC(C)(N)C(=O)OC1CCC2(CCC2)CC1.Cl. The van der Waals surface area contributed by atoms with Crippen molar-refractivity contribution in [1.82, 2.24) is 0 Å². The van der Waals surface area contributed by atoms with Crippen molar-refractivity contribution in [2.45, 2.75) is 70.4 Å². The molecule has 100 valence electrons. The van der Waals surface area contributed by atoms with Crippen LogP contribution in [0.4, 0.5) is 0 Å². The smallest absolute Gasteiger partial charge is 0.325 e. The first-order valence-corrected chi connectivity index (χ1v) is 6.41. The van der Waals surface area contributed by atoms with E-state index in [4.69, 9.17) is 10.5 Å². The Kier molecular flexibility index (Phi) is 4.48. The summed E-state index contributed by atoms with van der Waals surface area (Å²) in [5, 5.41) is 0. The van der Waals surface area contributed by atoms with Crippen molar-refractivity contribution in [3.63, 3.8) is 0 Å². The van der Waals surface area contributed by atoms with E-state index in [9.17, 15) is 4.79 Å². The molecule has 2 aliphatic carbocycles. The molecule has 2 rings (SSSR count). The highest BCUT2D eigenvalue weighted by molar-refractivity contribution is 5.85. The van der Waals surface area contributed by atoms with Crippen molar-refractivity contribution < 1.29 is 9.53 Å². The van der Waals surface area contributed by atoms with Crippen molar-refractivity contribution in [2.24, 2.45) is 11.1 Å². The standard InChI is InChI=1S/C13H23NO2.ClH/c1-12(2,14)11(15)16-10-4-8-13(9-5-10)6-3-7-13;/h10H,3-9,14H2,1-2H3;1H. The molecule has 0 radical (unpaired) electrons. The highest BCUT2D eigenvalue weighted by atomic mass is 35.5. The van der Waals surface area contributed by atoms with Gasteiger partial charge in [0.2, 0.25) is 0 Å². The Bertz CT molecular complexity index is 272. The lowest BCUT2D eigenvalue weighted by Crippen LogP contribution is -2.45. The number of hydrogen-bond donors (Lipinski definition) is 1. The average molecular weight is 262 g/mol. The van der Waals surface area contributed by atoms with Crippen LogP contribution in [0.3, 0.4) is 0 Å². The molecule has 17 heavy (non-hydrogen) atoms. The second kappa shape index (κ2) is 5.15. The van der Waals surface area contributed by atoms with Crippen LogP contribution >= 0.6 is 12.4 Å². The average Bonchev–Trinajstić information content (AvgIpc) is 2.15. The maximum atomic E-state index is 11.6. The van der Waals surface area contributed by atoms with Crippen molar-refractivity contribution in [3.8, 4) is 0 Å². The lowest BCUT2D eigenvalue weighted by atomic mass is 9.60. The van der Waals surface area contributed by atoms with Crippen molar-refractivity contribution in [2.75, 3.05) is 0 Å². The van der Waals surface area contributed by atoms with E-state index in [1.54, 1.807) is 13.8 Å². The number of hydrogen-bond acceptors (Lipinski definition) is 3. The molecule has 0 atom stereocenters. The van der Waals surface area contributed by atoms with Crippen LogP contribution in [0.15, 0.2) is 0 Å². The van der Waals surface area contributed by atoms with Crippen molar-refractivity contribution in [3.05, 3.63) is 0 Å². The van der Waals surface area contributed by atoms with Gasteiger partial charge in [0.25, 0.3) is 0 Å². The number of esters is 1. The summed E-state index contributed by atoms with van der Waals surface area (Å²) >= 11 is 0. The molecule has 3 nitrogen and oxygen atoms in total. The molecule has 0 saturated heterocycles. The van der Waals surface area contributed by atoms with Gasteiger partial charge in [0.05, 0.1) is 0 Å². The molecule has 4 heteroatoms. The molecule has 0 unspecified atom stereocenters. The number of carbonyl (C=O) groups excluding carboxylic acids is 1. The summed E-state index contributed by atoms with van der Waals surface area (Å²) in [7, 11) is 0. The Balaban J connectivity index is 0.00000144. The molecule has 2 aliphatic rings.